The zero-order chi connectivity index (χ0) is 18.0. The largest absolute Gasteiger partial charge is 0.445 e. The van der Waals surface area contributed by atoms with Gasteiger partial charge in [-0.1, -0.05) is 30.3 Å². The first-order valence-corrected chi connectivity index (χ1v) is 9.30. The van der Waals surface area contributed by atoms with Crippen LogP contribution in [-0.2, 0) is 22.3 Å². The van der Waals surface area contributed by atoms with Crippen LogP contribution in [0.25, 0.3) is 0 Å². The first kappa shape index (κ1) is 20.4. The van der Waals surface area contributed by atoms with Crippen molar-refractivity contribution in [3.05, 3.63) is 35.9 Å². The van der Waals surface area contributed by atoms with Crippen molar-refractivity contribution in [3.63, 3.8) is 0 Å². The second kappa shape index (κ2) is 10.2. The van der Waals surface area contributed by atoms with Gasteiger partial charge in [0.1, 0.15) is 17.6 Å². The van der Waals surface area contributed by atoms with E-state index in [0.717, 1.165) is 30.5 Å². The lowest BCUT2D eigenvalue weighted by atomic mass is 10.2. The predicted octanol–water partition coefficient (Wildman–Crippen LogP) is 4.01. The van der Waals surface area contributed by atoms with Crippen molar-refractivity contribution >= 4 is 22.8 Å². The Balaban J connectivity index is 2.14. The van der Waals surface area contributed by atoms with Crippen LogP contribution in [0.3, 0.4) is 0 Å². The van der Waals surface area contributed by atoms with Crippen LogP contribution in [-0.4, -0.2) is 27.3 Å². The van der Waals surface area contributed by atoms with Crippen molar-refractivity contribution in [2.45, 2.75) is 58.3 Å². The Morgan fingerprint density at radius 2 is 1.88 bits per heavy atom. The molecule has 1 aromatic rings. The maximum absolute atomic E-state index is 11.9. The molecule has 134 valence electrons. The summed E-state index contributed by atoms with van der Waals surface area (Å²) in [5.41, 5.74) is 1.85. The van der Waals surface area contributed by atoms with Crippen LogP contribution in [0.1, 0.15) is 52.5 Å². The highest BCUT2D eigenvalue weighted by Gasteiger charge is 2.18. The summed E-state index contributed by atoms with van der Waals surface area (Å²) < 4.78 is 20.9. The van der Waals surface area contributed by atoms with Gasteiger partial charge in [-0.05, 0) is 52.5 Å². The molecule has 0 saturated carbocycles. The third kappa shape index (κ3) is 8.82. The molecule has 1 amide bonds. The third-order valence-electron chi connectivity index (χ3n) is 3.21. The minimum atomic E-state index is -1.20. The van der Waals surface area contributed by atoms with Crippen LogP contribution in [0.2, 0.25) is 0 Å². The molecule has 0 spiro atoms. The van der Waals surface area contributed by atoms with E-state index in [1.54, 1.807) is 0 Å². The normalized spacial score (nSPS) is 13.4. The van der Waals surface area contributed by atoms with E-state index < -0.39 is 17.1 Å². The number of unbranched alkanes of at least 4 members (excludes halogenated alkanes) is 1. The van der Waals surface area contributed by atoms with Gasteiger partial charge in [-0.2, -0.15) is 4.40 Å². The Morgan fingerprint density at radius 3 is 2.50 bits per heavy atom. The van der Waals surface area contributed by atoms with Crippen LogP contribution < -0.4 is 5.32 Å². The number of carbonyl (C=O) groups is 1. The minimum absolute atomic E-state index is 0.275. The van der Waals surface area contributed by atoms with E-state index in [4.69, 9.17) is 4.74 Å². The standard InChI is InChI=1S/C18H28N2O3S/c1-15(20-24(22)18(2,3)4)10-8-9-13-19-17(21)23-14-16-11-6-5-7-12-16/h5-7,11-12H,8-10,13-14H2,1-4H3,(H,19,21)/b20-15+/t24-/m1/s1. The van der Waals surface area contributed by atoms with Crippen molar-refractivity contribution in [2.24, 2.45) is 4.40 Å². The van der Waals surface area contributed by atoms with Gasteiger partial charge in [-0.25, -0.2) is 9.00 Å². The van der Waals surface area contributed by atoms with Crippen LogP contribution in [0, 0.1) is 0 Å². The number of amides is 1. The highest BCUT2D eigenvalue weighted by Crippen LogP contribution is 2.13. The number of rotatable bonds is 8. The summed E-state index contributed by atoms with van der Waals surface area (Å²) in [5, 5.41) is 2.73. The van der Waals surface area contributed by atoms with Gasteiger partial charge in [-0.3, -0.25) is 0 Å². The zero-order valence-electron chi connectivity index (χ0n) is 15.0. The van der Waals surface area contributed by atoms with E-state index in [0.29, 0.717) is 6.54 Å². The van der Waals surface area contributed by atoms with Gasteiger partial charge >= 0.3 is 6.09 Å². The molecule has 0 bridgehead atoms. The SMILES string of the molecule is C/C(CCCCNC(=O)OCc1ccccc1)=N\[S@](=O)C(C)(C)C. The fourth-order valence-corrected chi connectivity index (χ4v) is 2.44. The molecule has 0 aliphatic heterocycles. The first-order chi connectivity index (χ1) is 11.3. The zero-order valence-corrected chi connectivity index (χ0v) is 15.8. The molecule has 6 heteroatoms. The van der Waals surface area contributed by atoms with E-state index in [9.17, 15) is 9.00 Å². The highest BCUT2D eigenvalue weighted by atomic mass is 32.2. The first-order valence-electron chi connectivity index (χ1n) is 8.20. The fraction of sp³-hybridized carbons (Fsp3) is 0.556. The van der Waals surface area contributed by atoms with Crippen LogP contribution in [0.4, 0.5) is 4.79 Å². The van der Waals surface area contributed by atoms with Crippen LogP contribution in [0.5, 0.6) is 0 Å². The molecule has 0 aromatic heterocycles. The van der Waals surface area contributed by atoms with Gasteiger partial charge in [0.2, 0.25) is 0 Å². The molecule has 5 nitrogen and oxygen atoms in total. The molecule has 0 aliphatic rings. The number of carbonyl (C=O) groups excluding carboxylic acids is 1. The summed E-state index contributed by atoms with van der Waals surface area (Å²) in [6, 6.07) is 9.57. The smallest absolute Gasteiger partial charge is 0.407 e. The Morgan fingerprint density at radius 1 is 1.21 bits per heavy atom. The molecule has 24 heavy (non-hydrogen) atoms. The summed E-state index contributed by atoms with van der Waals surface area (Å²) in [6.07, 6.45) is 2.09. The van der Waals surface area contributed by atoms with Crippen LogP contribution >= 0.6 is 0 Å². The Kier molecular flexibility index (Phi) is 8.68. The lowest BCUT2D eigenvalue weighted by Gasteiger charge is -2.14. The second-order valence-corrected chi connectivity index (χ2v) is 8.54. The lowest BCUT2D eigenvalue weighted by molar-refractivity contribution is 0.139. The summed E-state index contributed by atoms with van der Waals surface area (Å²) in [4.78, 5) is 11.6. The summed E-state index contributed by atoms with van der Waals surface area (Å²) in [6.45, 7) is 8.45. The maximum Gasteiger partial charge on any atom is 0.407 e. The van der Waals surface area contributed by atoms with Crippen molar-refractivity contribution in [1.82, 2.24) is 5.32 Å². The number of benzene rings is 1. The molecule has 0 radical (unpaired) electrons. The molecule has 0 heterocycles. The Hall–Kier alpha value is -1.69. The molecule has 1 atom stereocenters. The van der Waals surface area contributed by atoms with E-state index in [2.05, 4.69) is 9.71 Å². The average molecular weight is 353 g/mol. The van der Waals surface area contributed by atoms with Gasteiger partial charge < -0.3 is 10.1 Å². The summed E-state index contributed by atoms with van der Waals surface area (Å²) in [5.74, 6) is 0. The molecular weight excluding hydrogens is 324 g/mol. The molecular formula is C18H28N2O3S. The number of hydrogen-bond donors (Lipinski definition) is 1. The van der Waals surface area contributed by atoms with Gasteiger partial charge in [0.15, 0.2) is 0 Å². The molecule has 1 aromatic carbocycles. The highest BCUT2D eigenvalue weighted by molar-refractivity contribution is 7.85. The van der Waals surface area contributed by atoms with Gasteiger partial charge in [-0.15, -0.1) is 0 Å². The number of ether oxygens (including phenoxy) is 1. The lowest BCUT2D eigenvalue weighted by Crippen LogP contribution is -2.25. The quantitative estimate of drug-likeness (QED) is 0.568. The van der Waals surface area contributed by atoms with Crippen molar-refractivity contribution in [2.75, 3.05) is 6.54 Å². The van der Waals surface area contributed by atoms with E-state index in [1.165, 1.54) is 0 Å². The van der Waals surface area contributed by atoms with Crippen LogP contribution in [0.15, 0.2) is 34.7 Å². The van der Waals surface area contributed by atoms with Crippen molar-refractivity contribution < 1.29 is 13.7 Å². The molecule has 1 rings (SSSR count). The molecule has 0 aliphatic carbocycles. The maximum atomic E-state index is 11.9. The second-order valence-electron chi connectivity index (χ2n) is 6.63. The average Bonchev–Trinajstić information content (AvgIpc) is 2.52. The molecule has 0 fully saturated rings. The van der Waals surface area contributed by atoms with Crippen molar-refractivity contribution in [3.8, 4) is 0 Å². The van der Waals surface area contributed by atoms with Gasteiger partial charge in [0.25, 0.3) is 0 Å². The Bertz CT molecular complexity index is 565. The third-order valence-corrected chi connectivity index (χ3v) is 4.74. The molecule has 1 N–H and O–H groups in total. The van der Waals surface area contributed by atoms with Gasteiger partial charge in [0.05, 0.1) is 4.75 Å². The number of hydrogen-bond acceptors (Lipinski definition) is 3. The van der Waals surface area contributed by atoms with E-state index >= 15 is 0 Å². The fourth-order valence-electron chi connectivity index (χ4n) is 1.79. The van der Waals surface area contributed by atoms with E-state index in [-0.39, 0.29) is 11.4 Å². The van der Waals surface area contributed by atoms with E-state index in [1.807, 2.05) is 58.0 Å². The molecule has 0 saturated heterocycles. The number of nitrogens with zero attached hydrogens (tertiary/aromatic N) is 1. The van der Waals surface area contributed by atoms with Crippen molar-refractivity contribution in [1.29, 1.82) is 0 Å². The summed E-state index contributed by atoms with van der Waals surface area (Å²) >= 11 is 0. The molecule has 0 unspecified atom stereocenters. The summed E-state index contributed by atoms with van der Waals surface area (Å²) in [7, 11) is -1.20. The number of nitrogens with one attached hydrogen (secondary N) is 1. The minimum Gasteiger partial charge on any atom is -0.445 e. The van der Waals surface area contributed by atoms with Gasteiger partial charge in [0, 0.05) is 12.3 Å². The predicted molar refractivity (Wildman–Crippen MR) is 99.5 cm³/mol. The Labute approximate surface area is 147 Å². The number of alkyl carbamates (subject to hydrolysis) is 1. The topological polar surface area (TPSA) is 67.8 Å². The monoisotopic (exact) mass is 352 g/mol.